The second-order valence-corrected chi connectivity index (χ2v) is 4.19. The van der Waals surface area contributed by atoms with Crippen molar-refractivity contribution < 1.29 is 14.7 Å². The van der Waals surface area contributed by atoms with Crippen LogP contribution in [0.5, 0.6) is 0 Å². The van der Waals surface area contributed by atoms with Crippen LogP contribution in [0.1, 0.15) is 31.1 Å². The summed E-state index contributed by atoms with van der Waals surface area (Å²) in [5.74, 6) is -0.585. The summed E-state index contributed by atoms with van der Waals surface area (Å²) in [6.07, 6.45) is 1.43. The molecule has 0 aromatic carbocycles. The zero-order chi connectivity index (χ0) is 13.0. The molecule has 1 rings (SSSR count). The van der Waals surface area contributed by atoms with Crippen molar-refractivity contribution in [2.24, 2.45) is 5.92 Å². The molecular weight excluding hydrogens is 220 g/mol. The largest absolute Gasteiger partial charge is 0.480 e. The first kappa shape index (κ1) is 13.2. The van der Waals surface area contributed by atoms with E-state index < -0.39 is 12.0 Å². The third-order valence-electron chi connectivity index (χ3n) is 2.41. The SMILES string of the molecule is CC(=O)c1ccc(N[C@H](C(=O)O)C(C)C)nc1. The number of aromatic nitrogens is 1. The number of aliphatic carboxylic acids is 1. The Morgan fingerprint density at radius 2 is 2.00 bits per heavy atom. The molecule has 0 spiro atoms. The number of Topliss-reactive ketones (excluding diaryl/α,β-unsaturated/α-hetero) is 1. The first-order valence-corrected chi connectivity index (χ1v) is 5.38. The van der Waals surface area contributed by atoms with Gasteiger partial charge in [0.1, 0.15) is 11.9 Å². The van der Waals surface area contributed by atoms with E-state index >= 15 is 0 Å². The summed E-state index contributed by atoms with van der Waals surface area (Å²) in [5, 5.41) is 11.8. The Hall–Kier alpha value is -1.91. The molecule has 0 radical (unpaired) electrons. The lowest BCUT2D eigenvalue weighted by Crippen LogP contribution is -2.34. The van der Waals surface area contributed by atoms with E-state index in [0.29, 0.717) is 11.4 Å². The molecule has 0 fully saturated rings. The van der Waals surface area contributed by atoms with Crippen molar-refractivity contribution in [1.82, 2.24) is 4.98 Å². The predicted molar refractivity (Wildman–Crippen MR) is 64.1 cm³/mol. The molecule has 1 aromatic heterocycles. The van der Waals surface area contributed by atoms with Crippen molar-refractivity contribution in [3.63, 3.8) is 0 Å². The van der Waals surface area contributed by atoms with E-state index in [2.05, 4.69) is 10.3 Å². The normalized spacial score (nSPS) is 12.2. The minimum Gasteiger partial charge on any atom is -0.480 e. The molecule has 5 nitrogen and oxygen atoms in total. The van der Waals surface area contributed by atoms with Gasteiger partial charge in [-0.3, -0.25) is 4.79 Å². The Balaban J connectivity index is 2.80. The molecule has 5 heteroatoms. The maximum absolute atomic E-state index is 11.0. The number of anilines is 1. The monoisotopic (exact) mass is 236 g/mol. The lowest BCUT2D eigenvalue weighted by Gasteiger charge is -2.18. The summed E-state index contributed by atoms with van der Waals surface area (Å²) in [6, 6.07) is 2.54. The summed E-state index contributed by atoms with van der Waals surface area (Å²) in [6.45, 7) is 5.09. The van der Waals surface area contributed by atoms with Crippen LogP contribution in [0.2, 0.25) is 0 Å². The minimum absolute atomic E-state index is 0.0539. The Morgan fingerprint density at radius 1 is 1.35 bits per heavy atom. The minimum atomic E-state index is -0.919. The van der Waals surface area contributed by atoms with Crippen LogP contribution in [0.3, 0.4) is 0 Å². The van der Waals surface area contributed by atoms with Crippen molar-refractivity contribution in [2.45, 2.75) is 26.8 Å². The number of carbonyl (C=O) groups is 2. The van der Waals surface area contributed by atoms with Crippen molar-refractivity contribution in [2.75, 3.05) is 5.32 Å². The Bertz CT molecular complexity index is 412. The molecule has 1 aromatic rings. The highest BCUT2D eigenvalue weighted by Crippen LogP contribution is 2.11. The smallest absolute Gasteiger partial charge is 0.326 e. The number of nitrogens with one attached hydrogen (secondary N) is 1. The average molecular weight is 236 g/mol. The fourth-order valence-electron chi connectivity index (χ4n) is 1.36. The van der Waals surface area contributed by atoms with Gasteiger partial charge in [-0.1, -0.05) is 13.8 Å². The highest BCUT2D eigenvalue weighted by Gasteiger charge is 2.21. The van der Waals surface area contributed by atoms with E-state index in [9.17, 15) is 9.59 Å². The molecule has 0 aliphatic rings. The van der Waals surface area contributed by atoms with Crippen LogP contribution in [0, 0.1) is 5.92 Å². The van der Waals surface area contributed by atoms with Crippen LogP contribution in [-0.2, 0) is 4.79 Å². The van der Waals surface area contributed by atoms with Gasteiger partial charge in [-0.15, -0.1) is 0 Å². The number of pyridine rings is 1. The van der Waals surface area contributed by atoms with E-state index in [-0.39, 0.29) is 11.7 Å². The van der Waals surface area contributed by atoms with Gasteiger partial charge in [0.15, 0.2) is 5.78 Å². The predicted octanol–water partition coefficient (Wildman–Crippen LogP) is 1.81. The third kappa shape index (κ3) is 3.55. The lowest BCUT2D eigenvalue weighted by atomic mass is 10.0. The lowest BCUT2D eigenvalue weighted by molar-refractivity contribution is -0.138. The van der Waals surface area contributed by atoms with Crippen molar-refractivity contribution in [1.29, 1.82) is 0 Å². The van der Waals surface area contributed by atoms with Crippen LogP contribution in [0.25, 0.3) is 0 Å². The van der Waals surface area contributed by atoms with E-state index in [4.69, 9.17) is 5.11 Å². The van der Waals surface area contributed by atoms with Gasteiger partial charge >= 0.3 is 5.97 Å². The molecule has 1 heterocycles. The zero-order valence-electron chi connectivity index (χ0n) is 10.1. The van der Waals surface area contributed by atoms with E-state index in [1.54, 1.807) is 12.1 Å². The number of carbonyl (C=O) groups excluding carboxylic acids is 1. The summed E-state index contributed by atoms with van der Waals surface area (Å²) in [4.78, 5) is 26.0. The van der Waals surface area contributed by atoms with Crippen LogP contribution in [-0.4, -0.2) is 27.9 Å². The second kappa shape index (κ2) is 5.43. The number of nitrogens with zero attached hydrogens (tertiary/aromatic N) is 1. The van der Waals surface area contributed by atoms with Gasteiger partial charge < -0.3 is 10.4 Å². The number of hydrogen-bond donors (Lipinski definition) is 2. The maximum atomic E-state index is 11.0. The molecule has 92 valence electrons. The van der Waals surface area contributed by atoms with Crippen LogP contribution in [0.15, 0.2) is 18.3 Å². The van der Waals surface area contributed by atoms with Gasteiger partial charge in [0.2, 0.25) is 0 Å². The number of rotatable bonds is 5. The van der Waals surface area contributed by atoms with Gasteiger partial charge in [-0.25, -0.2) is 9.78 Å². The molecule has 0 amide bonds. The van der Waals surface area contributed by atoms with Gasteiger partial charge in [0.05, 0.1) is 0 Å². The van der Waals surface area contributed by atoms with Gasteiger partial charge in [-0.05, 0) is 25.0 Å². The van der Waals surface area contributed by atoms with E-state index in [1.165, 1.54) is 13.1 Å². The summed E-state index contributed by atoms with van der Waals surface area (Å²) >= 11 is 0. The maximum Gasteiger partial charge on any atom is 0.326 e. The van der Waals surface area contributed by atoms with E-state index in [0.717, 1.165) is 0 Å². The first-order valence-electron chi connectivity index (χ1n) is 5.38. The Kier molecular flexibility index (Phi) is 4.20. The Labute approximate surface area is 99.9 Å². The molecule has 0 bridgehead atoms. The zero-order valence-corrected chi connectivity index (χ0v) is 10.1. The van der Waals surface area contributed by atoms with Crippen molar-refractivity contribution in [3.05, 3.63) is 23.9 Å². The molecule has 17 heavy (non-hydrogen) atoms. The molecule has 0 saturated heterocycles. The summed E-state index contributed by atoms with van der Waals surface area (Å²) in [5.41, 5.74) is 0.506. The number of carboxylic acids is 1. The number of hydrogen-bond acceptors (Lipinski definition) is 4. The molecule has 0 aliphatic carbocycles. The first-order chi connectivity index (χ1) is 7.91. The van der Waals surface area contributed by atoms with Crippen LogP contribution in [0.4, 0.5) is 5.82 Å². The highest BCUT2D eigenvalue weighted by atomic mass is 16.4. The summed E-state index contributed by atoms with van der Waals surface area (Å²) < 4.78 is 0. The molecular formula is C12H16N2O3. The highest BCUT2D eigenvalue weighted by molar-refractivity contribution is 5.93. The standard InChI is InChI=1S/C12H16N2O3/c1-7(2)11(12(16)17)14-10-5-4-9(6-13-10)8(3)15/h4-7,11H,1-3H3,(H,13,14)(H,16,17)/t11-/m0/s1. The number of ketones is 1. The second-order valence-electron chi connectivity index (χ2n) is 4.19. The molecule has 0 aliphatic heterocycles. The third-order valence-corrected chi connectivity index (χ3v) is 2.41. The molecule has 0 saturated carbocycles. The molecule has 2 N–H and O–H groups in total. The van der Waals surface area contributed by atoms with Gasteiger partial charge in [0.25, 0.3) is 0 Å². The fourth-order valence-corrected chi connectivity index (χ4v) is 1.36. The van der Waals surface area contributed by atoms with E-state index in [1.807, 2.05) is 13.8 Å². The van der Waals surface area contributed by atoms with Gasteiger partial charge in [-0.2, -0.15) is 0 Å². The van der Waals surface area contributed by atoms with Crippen LogP contribution < -0.4 is 5.32 Å². The van der Waals surface area contributed by atoms with Crippen LogP contribution >= 0.6 is 0 Å². The quantitative estimate of drug-likeness (QED) is 0.762. The Morgan fingerprint density at radius 3 is 2.35 bits per heavy atom. The summed E-state index contributed by atoms with van der Waals surface area (Å²) in [7, 11) is 0. The fraction of sp³-hybridized carbons (Fsp3) is 0.417. The van der Waals surface area contributed by atoms with Crippen molar-refractivity contribution in [3.8, 4) is 0 Å². The van der Waals surface area contributed by atoms with Gasteiger partial charge in [0, 0.05) is 11.8 Å². The number of carboxylic acid groups (broad SMARTS) is 1. The molecule has 0 unspecified atom stereocenters. The average Bonchev–Trinajstić information content (AvgIpc) is 2.25. The topological polar surface area (TPSA) is 79.3 Å². The molecule has 1 atom stereocenters. The van der Waals surface area contributed by atoms with Crippen molar-refractivity contribution >= 4 is 17.6 Å².